The lowest BCUT2D eigenvalue weighted by Gasteiger charge is -2.23. The van der Waals surface area contributed by atoms with Gasteiger partial charge in [-0.1, -0.05) is 45.4 Å². The van der Waals surface area contributed by atoms with Crippen molar-refractivity contribution in [1.82, 2.24) is 0 Å². The Morgan fingerprint density at radius 2 is 1.59 bits per heavy atom. The average Bonchev–Trinajstić information content (AvgIpc) is 2.52. The van der Waals surface area contributed by atoms with Gasteiger partial charge in [0.1, 0.15) is 0 Å². The maximum absolute atomic E-state index is 11.7. The molecule has 22 heavy (non-hydrogen) atoms. The molecular formula is C15H28O7. The van der Waals surface area contributed by atoms with Crippen LogP contribution in [0.4, 0.5) is 0 Å². The first-order valence-corrected chi connectivity index (χ1v) is 7.79. The third kappa shape index (κ3) is 7.84. The van der Waals surface area contributed by atoms with Gasteiger partial charge in [-0.3, -0.25) is 0 Å². The number of rotatable bonds is 12. The number of esters is 2. The summed E-state index contributed by atoms with van der Waals surface area (Å²) in [5.74, 6) is -2.66. The molecule has 2 unspecified atom stereocenters. The van der Waals surface area contributed by atoms with E-state index in [4.69, 9.17) is 15.3 Å². The highest BCUT2D eigenvalue weighted by Crippen LogP contribution is 2.18. The molecule has 0 aliphatic heterocycles. The molecule has 2 atom stereocenters. The zero-order valence-corrected chi connectivity index (χ0v) is 13.2. The summed E-state index contributed by atoms with van der Waals surface area (Å²) in [4.78, 5) is 22.9. The van der Waals surface area contributed by atoms with Crippen molar-refractivity contribution in [2.75, 3.05) is 13.2 Å². The first-order chi connectivity index (χ1) is 10.4. The maximum atomic E-state index is 11.7. The molecule has 0 radical (unpaired) electrons. The second-order valence-electron chi connectivity index (χ2n) is 5.47. The number of hydrogen-bond acceptors (Lipinski definition) is 7. The summed E-state index contributed by atoms with van der Waals surface area (Å²) in [7, 11) is 0. The predicted molar refractivity (Wildman–Crippen MR) is 78.8 cm³/mol. The van der Waals surface area contributed by atoms with Crippen LogP contribution in [-0.2, 0) is 14.3 Å². The first kappa shape index (κ1) is 21.0. The van der Waals surface area contributed by atoms with Crippen LogP contribution in [0.5, 0.6) is 0 Å². The zero-order valence-electron chi connectivity index (χ0n) is 13.2. The molecule has 0 spiro atoms. The Bertz CT molecular complexity index is 332. The monoisotopic (exact) mass is 320 g/mol. The van der Waals surface area contributed by atoms with E-state index in [1.165, 1.54) is 6.42 Å². The molecule has 0 bridgehead atoms. The first-order valence-electron chi connectivity index (χ1n) is 7.79. The molecule has 0 saturated carbocycles. The van der Waals surface area contributed by atoms with E-state index in [2.05, 4.69) is 11.7 Å². The van der Waals surface area contributed by atoms with Crippen molar-refractivity contribution in [2.24, 2.45) is 0 Å². The zero-order chi connectivity index (χ0) is 17.0. The standard InChI is InChI=1S/C15H28O7/c1-2-3-4-5-6-7-8-9-15(21,11-17)14(20)22-13(19)12(18)10-16/h12,16-18,21H,2-11H2,1H3. The SMILES string of the molecule is CCCCCCCCCC(O)(CO)C(=O)OC(=O)C(O)CO. The van der Waals surface area contributed by atoms with Crippen LogP contribution >= 0.6 is 0 Å². The van der Waals surface area contributed by atoms with Crippen molar-refractivity contribution < 1.29 is 34.8 Å². The van der Waals surface area contributed by atoms with Crippen LogP contribution in [0.15, 0.2) is 0 Å². The maximum Gasteiger partial charge on any atom is 0.348 e. The highest BCUT2D eigenvalue weighted by molar-refractivity contribution is 5.92. The summed E-state index contributed by atoms with van der Waals surface area (Å²) in [5, 5.41) is 36.8. The van der Waals surface area contributed by atoms with Crippen molar-refractivity contribution in [2.45, 2.75) is 70.0 Å². The lowest BCUT2D eigenvalue weighted by molar-refractivity contribution is -0.183. The van der Waals surface area contributed by atoms with Crippen LogP contribution in [0.2, 0.25) is 0 Å². The molecule has 0 heterocycles. The smallest absolute Gasteiger partial charge is 0.348 e. The molecule has 0 aromatic rings. The van der Waals surface area contributed by atoms with E-state index in [9.17, 15) is 14.7 Å². The summed E-state index contributed by atoms with van der Waals surface area (Å²) in [6.45, 7) is 0.369. The van der Waals surface area contributed by atoms with Crippen molar-refractivity contribution in [3.63, 3.8) is 0 Å². The number of aliphatic hydroxyl groups excluding tert-OH is 3. The van der Waals surface area contributed by atoms with Crippen LogP contribution in [0.1, 0.15) is 58.3 Å². The summed E-state index contributed by atoms with van der Waals surface area (Å²) in [5.41, 5.74) is -2.16. The molecular weight excluding hydrogens is 292 g/mol. The fourth-order valence-electron chi connectivity index (χ4n) is 1.95. The highest BCUT2D eigenvalue weighted by atomic mass is 16.6. The third-order valence-corrected chi connectivity index (χ3v) is 3.47. The van der Waals surface area contributed by atoms with E-state index in [1.807, 2.05) is 0 Å². The Labute approximate surface area is 130 Å². The van der Waals surface area contributed by atoms with Crippen molar-refractivity contribution in [3.05, 3.63) is 0 Å². The van der Waals surface area contributed by atoms with Crippen LogP contribution in [-0.4, -0.2) is 57.3 Å². The fourth-order valence-corrected chi connectivity index (χ4v) is 1.95. The Balaban J connectivity index is 4.16. The van der Waals surface area contributed by atoms with Crippen LogP contribution in [0.3, 0.4) is 0 Å². The third-order valence-electron chi connectivity index (χ3n) is 3.47. The van der Waals surface area contributed by atoms with Crippen LogP contribution in [0.25, 0.3) is 0 Å². The molecule has 130 valence electrons. The summed E-state index contributed by atoms with van der Waals surface area (Å²) >= 11 is 0. The number of ether oxygens (including phenoxy) is 1. The molecule has 7 nitrogen and oxygen atoms in total. The number of carbonyl (C=O) groups excluding carboxylic acids is 2. The quantitative estimate of drug-likeness (QED) is 0.231. The van der Waals surface area contributed by atoms with Gasteiger partial charge >= 0.3 is 11.9 Å². The molecule has 0 aliphatic rings. The van der Waals surface area contributed by atoms with Gasteiger partial charge < -0.3 is 25.2 Å². The van der Waals surface area contributed by atoms with E-state index in [-0.39, 0.29) is 6.42 Å². The molecule has 0 aromatic carbocycles. The second kappa shape index (κ2) is 11.5. The van der Waals surface area contributed by atoms with E-state index in [0.717, 1.165) is 32.1 Å². The largest absolute Gasteiger partial charge is 0.393 e. The van der Waals surface area contributed by atoms with Crippen molar-refractivity contribution in [1.29, 1.82) is 0 Å². The normalized spacial score (nSPS) is 15.1. The Kier molecular flexibility index (Phi) is 11.0. The van der Waals surface area contributed by atoms with Gasteiger partial charge in [-0.25, -0.2) is 9.59 Å². The predicted octanol–water partition coefficient (Wildman–Crippen LogP) is 0.273. The molecule has 0 rings (SSSR count). The van der Waals surface area contributed by atoms with Crippen LogP contribution in [0, 0.1) is 0 Å². The summed E-state index contributed by atoms with van der Waals surface area (Å²) in [6.07, 6.45) is 4.98. The minimum Gasteiger partial charge on any atom is -0.393 e. The lowest BCUT2D eigenvalue weighted by atomic mass is 9.96. The van der Waals surface area contributed by atoms with Crippen molar-refractivity contribution >= 4 is 11.9 Å². The average molecular weight is 320 g/mol. The molecule has 4 N–H and O–H groups in total. The molecule has 0 amide bonds. The molecule has 0 aliphatic carbocycles. The number of unbranched alkanes of at least 4 members (excludes halogenated alkanes) is 6. The Morgan fingerprint density at radius 1 is 1.05 bits per heavy atom. The molecule has 0 fully saturated rings. The Hall–Kier alpha value is -1.02. The number of hydrogen-bond donors (Lipinski definition) is 4. The van der Waals surface area contributed by atoms with Gasteiger partial charge in [0.15, 0.2) is 11.7 Å². The van der Waals surface area contributed by atoms with Gasteiger partial charge in [-0.15, -0.1) is 0 Å². The molecule has 0 aromatic heterocycles. The van der Waals surface area contributed by atoms with Gasteiger partial charge in [0, 0.05) is 0 Å². The van der Waals surface area contributed by atoms with Gasteiger partial charge in [0.2, 0.25) is 0 Å². The summed E-state index contributed by atoms with van der Waals surface area (Å²) < 4.78 is 4.27. The molecule has 0 saturated heterocycles. The van der Waals surface area contributed by atoms with Gasteiger partial charge in [-0.05, 0) is 12.8 Å². The number of carbonyl (C=O) groups is 2. The van der Waals surface area contributed by atoms with Crippen LogP contribution < -0.4 is 0 Å². The Morgan fingerprint density at radius 3 is 2.09 bits per heavy atom. The van der Waals surface area contributed by atoms with E-state index >= 15 is 0 Å². The molecule has 7 heteroatoms. The minimum absolute atomic E-state index is 0.0292. The van der Waals surface area contributed by atoms with Gasteiger partial charge in [-0.2, -0.15) is 0 Å². The van der Waals surface area contributed by atoms with Gasteiger partial charge in [0.05, 0.1) is 13.2 Å². The highest BCUT2D eigenvalue weighted by Gasteiger charge is 2.38. The van der Waals surface area contributed by atoms with Gasteiger partial charge in [0.25, 0.3) is 0 Å². The summed E-state index contributed by atoms with van der Waals surface area (Å²) in [6, 6.07) is 0. The number of aliphatic hydroxyl groups is 4. The van der Waals surface area contributed by atoms with E-state index in [1.54, 1.807) is 0 Å². The van der Waals surface area contributed by atoms with E-state index < -0.39 is 36.9 Å². The van der Waals surface area contributed by atoms with E-state index in [0.29, 0.717) is 6.42 Å². The minimum atomic E-state index is -2.16. The topological polar surface area (TPSA) is 124 Å². The lowest BCUT2D eigenvalue weighted by Crippen LogP contribution is -2.46. The van der Waals surface area contributed by atoms with Crippen molar-refractivity contribution in [3.8, 4) is 0 Å². The fraction of sp³-hybridized carbons (Fsp3) is 0.867. The second-order valence-corrected chi connectivity index (χ2v) is 5.47.